The second-order valence-electron chi connectivity index (χ2n) is 5.53. The Hall–Kier alpha value is -3.25. The van der Waals surface area contributed by atoms with E-state index in [2.05, 4.69) is 15.8 Å². The molecular formula is C20H19ClN4O2. The van der Waals surface area contributed by atoms with Crippen LogP contribution in [0.15, 0.2) is 72.0 Å². The largest absolute Gasteiger partial charge is 0.492 e. The molecule has 0 fully saturated rings. The number of anilines is 1. The van der Waals surface area contributed by atoms with E-state index in [0.29, 0.717) is 23.1 Å². The van der Waals surface area contributed by atoms with Crippen molar-refractivity contribution in [3.05, 3.63) is 77.6 Å². The third kappa shape index (κ3) is 4.89. The minimum Gasteiger partial charge on any atom is -0.492 e. The Bertz CT molecular complexity index is 935. The highest BCUT2D eigenvalue weighted by atomic mass is 35.5. The lowest BCUT2D eigenvalue weighted by Gasteiger charge is -2.10. The Morgan fingerprint density at radius 2 is 1.93 bits per heavy atom. The molecule has 2 aromatic carbocycles. The van der Waals surface area contributed by atoms with E-state index >= 15 is 0 Å². The third-order valence-electron chi connectivity index (χ3n) is 3.68. The second kappa shape index (κ2) is 8.91. The number of rotatable bonds is 6. The lowest BCUT2D eigenvalue weighted by atomic mass is 10.3. The van der Waals surface area contributed by atoms with Crippen LogP contribution in [0.4, 0.5) is 10.5 Å². The maximum atomic E-state index is 12.1. The van der Waals surface area contributed by atoms with Gasteiger partial charge in [-0.2, -0.15) is 5.10 Å². The van der Waals surface area contributed by atoms with Crippen LogP contribution in [0.2, 0.25) is 5.02 Å². The van der Waals surface area contributed by atoms with E-state index in [0.717, 1.165) is 11.4 Å². The minimum absolute atomic E-state index is 0.456. The molecule has 0 radical (unpaired) electrons. The molecule has 2 N–H and O–H groups in total. The molecule has 0 aliphatic carbocycles. The zero-order valence-electron chi connectivity index (χ0n) is 14.7. The molecule has 0 saturated carbocycles. The fourth-order valence-corrected chi connectivity index (χ4v) is 2.62. The molecule has 27 heavy (non-hydrogen) atoms. The number of hydrazone groups is 1. The maximum absolute atomic E-state index is 12.1. The zero-order chi connectivity index (χ0) is 19.1. The Kier molecular flexibility index (Phi) is 6.12. The predicted octanol–water partition coefficient (Wildman–Crippen LogP) is 4.69. The highest BCUT2D eigenvalue weighted by molar-refractivity contribution is 6.30. The number of hydrogen-bond donors (Lipinski definition) is 2. The van der Waals surface area contributed by atoms with Gasteiger partial charge in [-0.1, -0.05) is 23.7 Å². The minimum atomic E-state index is -0.456. The molecule has 0 atom stereocenters. The SMILES string of the molecule is CCOc1ccccc1NC(=O)N/N=C/c1cccn1-c1ccc(Cl)cc1. The molecule has 3 aromatic rings. The fraction of sp³-hybridized carbons (Fsp3) is 0.100. The van der Waals surface area contributed by atoms with Gasteiger partial charge >= 0.3 is 6.03 Å². The van der Waals surface area contributed by atoms with Gasteiger partial charge in [0.05, 0.1) is 24.2 Å². The molecule has 0 bridgehead atoms. The van der Waals surface area contributed by atoms with Gasteiger partial charge in [-0.3, -0.25) is 0 Å². The van der Waals surface area contributed by atoms with E-state index in [-0.39, 0.29) is 0 Å². The highest BCUT2D eigenvalue weighted by Crippen LogP contribution is 2.23. The topological polar surface area (TPSA) is 67.7 Å². The molecule has 6 nitrogen and oxygen atoms in total. The number of para-hydroxylation sites is 2. The molecule has 0 saturated heterocycles. The Labute approximate surface area is 162 Å². The van der Waals surface area contributed by atoms with E-state index < -0.39 is 6.03 Å². The first-order chi connectivity index (χ1) is 13.2. The fourth-order valence-electron chi connectivity index (χ4n) is 2.49. The van der Waals surface area contributed by atoms with Crippen molar-refractivity contribution in [2.45, 2.75) is 6.92 Å². The first kappa shape index (κ1) is 18.5. The number of halogens is 1. The lowest BCUT2D eigenvalue weighted by Crippen LogP contribution is -2.24. The van der Waals surface area contributed by atoms with Crippen LogP contribution in [-0.4, -0.2) is 23.4 Å². The van der Waals surface area contributed by atoms with Crippen molar-refractivity contribution in [3.8, 4) is 11.4 Å². The number of urea groups is 1. The summed E-state index contributed by atoms with van der Waals surface area (Å²) in [7, 11) is 0. The highest BCUT2D eigenvalue weighted by Gasteiger charge is 2.06. The number of amides is 2. The summed E-state index contributed by atoms with van der Waals surface area (Å²) in [5, 5.41) is 7.41. The van der Waals surface area contributed by atoms with Crippen LogP contribution in [0.25, 0.3) is 5.69 Å². The number of carbonyl (C=O) groups excluding carboxylic acids is 1. The van der Waals surface area contributed by atoms with Crippen molar-refractivity contribution in [2.24, 2.45) is 5.10 Å². The van der Waals surface area contributed by atoms with Gasteiger partial charge < -0.3 is 14.6 Å². The van der Waals surface area contributed by atoms with Gasteiger partial charge in [-0.15, -0.1) is 0 Å². The summed E-state index contributed by atoms with van der Waals surface area (Å²) < 4.78 is 7.42. The van der Waals surface area contributed by atoms with Gasteiger partial charge in [0.2, 0.25) is 0 Å². The van der Waals surface area contributed by atoms with Crippen LogP contribution in [0.3, 0.4) is 0 Å². The van der Waals surface area contributed by atoms with E-state index in [1.807, 2.05) is 66.2 Å². The van der Waals surface area contributed by atoms with Crippen LogP contribution in [0.1, 0.15) is 12.6 Å². The molecular weight excluding hydrogens is 364 g/mol. The van der Waals surface area contributed by atoms with Crippen LogP contribution in [0, 0.1) is 0 Å². The van der Waals surface area contributed by atoms with E-state index in [9.17, 15) is 4.79 Å². The molecule has 7 heteroatoms. The smallest absolute Gasteiger partial charge is 0.339 e. The van der Waals surface area contributed by atoms with Gasteiger partial charge in [-0.25, -0.2) is 10.2 Å². The monoisotopic (exact) mass is 382 g/mol. The summed E-state index contributed by atoms with van der Waals surface area (Å²) in [4.78, 5) is 12.1. The number of carbonyl (C=O) groups is 1. The summed E-state index contributed by atoms with van der Waals surface area (Å²) >= 11 is 5.93. The average Bonchev–Trinajstić information content (AvgIpc) is 3.13. The van der Waals surface area contributed by atoms with Crippen molar-refractivity contribution >= 4 is 29.5 Å². The van der Waals surface area contributed by atoms with Crippen LogP contribution in [-0.2, 0) is 0 Å². The lowest BCUT2D eigenvalue weighted by molar-refractivity contribution is 0.252. The summed E-state index contributed by atoms with van der Waals surface area (Å²) in [6.07, 6.45) is 3.48. The molecule has 138 valence electrons. The Balaban J connectivity index is 1.64. The van der Waals surface area contributed by atoms with E-state index in [1.54, 1.807) is 18.3 Å². The van der Waals surface area contributed by atoms with Crippen molar-refractivity contribution < 1.29 is 9.53 Å². The molecule has 1 heterocycles. The molecule has 2 amide bonds. The van der Waals surface area contributed by atoms with E-state index in [4.69, 9.17) is 16.3 Å². The van der Waals surface area contributed by atoms with Gasteiger partial charge in [0.1, 0.15) is 5.75 Å². The quantitative estimate of drug-likeness (QED) is 0.480. The summed E-state index contributed by atoms with van der Waals surface area (Å²) in [5.41, 5.74) is 4.79. The average molecular weight is 383 g/mol. The first-order valence-electron chi connectivity index (χ1n) is 8.42. The van der Waals surface area contributed by atoms with Crippen LogP contribution < -0.4 is 15.5 Å². The standard InChI is InChI=1S/C20H19ClN4O2/c1-2-27-19-8-4-3-7-18(19)23-20(26)24-22-14-17-6-5-13-25(17)16-11-9-15(21)10-12-16/h3-14H,2H2,1H3,(H2,23,24,26)/b22-14+. The van der Waals surface area contributed by atoms with Gasteiger partial charge in [-0.05, 0) is 55.5 Å². The van der Waals surface area contributed by atoms with Crippen molar-refractivity contribution in [2.75, 3.05) is 11.9 Å². The number of hydrogen-bond acceptors (Lipinski definition) is 3. The zero-order valence-corrected chi connectivity index (χ0v) is 15.5. The number of benzene rings is 2. The second-order valence-corrected chi connectivity index (χ2v) is 5.97. The number of ether oxygens (including phenoxy) is 1. The summed E-state index contributed by atoms with van der Waals surface area (Å²) in [5.74, 6) is 0.607. The molecule has 1 aromatic heterocycles. The van der Waals surface area contributed by atoms with Gasteiger partial charge in [0.25, 0.3) is 0 Å². The normalized spacial score (nSPS) is 10.7. The molecule has 0 aliphatic heterocycles. The summed E-state index contributed by atoms with van der Waals surface area (Å²) in [6.45, 7) is 2.40. The Morgan fingerprint density at radius 1 is 1.15 bits per heavy atom. The molecule has 3 rings (SSSR count). The molecule has 0 spiro atoms. The van der Waals surface area contributed by atoms with Crippen LogP contribution in [0.5, 0.6) is 5.75 Å². The van der Waals surface area contributed by atoms with Gasteiger partial charge in [0, 0.05) is 16.9 Å². The van der Waals surface area contributed by atoms with Gasteiger partial charge in [0.15, 0.2) is 0 Å². The molecule has 0 aliphatic rings. The maximum Gasteiger partial charge on any atom is 0.339 e. The van der Waals surface area contributed by atoms with Crippen molar-refractivity contribution in [3.63, 3.8) is 0 Å². The first-order valence-corrected chi connectivity index (χ1v) is 8.80. The van der Waals surface area contributed by atoms with Crippen molar-refractivity contribution in [1.29, 1.82) is 0 Å². The third-order valence-corrected chi connectivity index (χ3v) is 3.94. The number of nitrogens with one attached hydrogen (secondary N) is 2. The Morgan fingerprint density at radius 3 is 2.70 bits per heavy atom. The molecule has 0 unspecified atom stereocenters. The predicted molar refractivity (Wildman–Crippen MR) is 108 cm³/mol. The van der Waals surface area contributed by atoms with E-state index in [1.165, 1.54) is 0 Å². The summed E-state index contributed by atoms with van der Waals surface area (Å²) in [6, 6.07) is 18.0. The van der Waals surface area contributed by atoms with Crippen LogP contribution >= 0.6 is 11.6 Å². The number of nitrogens with zero attached hydrogens (tertiary/aromatic N) is 2. The number of aromatic nitrogens is 1. The van der Waals surface area contributed by atoms with Crippen molar-refractivity contribution in [1.82, 2.24) is 9.99 Å².